The van der Waals surface area contributed by atoms with E-state index in [1.807, 2.05) is 18.2 Å². The fourth-order valence-electron chi connectivity index (χ4n) is 1.43. The van der Waals surface area contributed by atoms with Crippen molar-refractivity contribution in [3.63, 3.8) is 0 Å². The van der Waals surface area contributed by atoms with Gasteiger partial charge in [-0.05, 0) is 19.0 Å². The molecule has 0 aliphatic rings. The number of rotatable bonds is 3. The van der Waals surface area contributed by atoms with Crippen LogP contribution in [0.3, 0.4) is 0 Å². The van der Waals surface area contributed by atoms with Crippen LogP contribution in [0.5, 0.6) is 0 Å². The van der Waals surface area contributed by atoms with Crippen LogP contribution in [0.1, 0.15) is 12.0 Å². The predicted octanol–water partition coefficient (Wildman–Crippen LogP) is 2.79. The lowest BCUT2D eigenvalue weighted by Crippen LogP contribution is -1.94. The Balaban J connectivity index is 2.34. The van der Waals surface area contributed by atoms with Gasteiger partial charge in [-0.15, -0.1) is 0 Å². The Kier molecular flexibility index (Phi) is 2.65. The molecule has 72 valence electrons. The Morgan fingerprint density at radius 1 is 1.29 bits per heavy atom. The third-order valence-corrected chi connectivity index (χ3v) is 2.14. The number of hydrogen-bond donors (Lipinski definition) is 1. The summed E-state index contributed by atoms with van der Waals surface area (Å²) in [6, 6.07) is 8.01. The zero-order valence-corrected chi connectivity index (χ0v) is 7.94. The van der Waals surface area contributed by atoms with E-state index in [2.05, 4.69) is 18.2 Å². The minimum atomic E-state index is 0.687. The van der Waals surface area contributed by atoms with Crippen molar-refractivity contribution in [3.05, 3.63) is 42.2 Å². The standard InChI is InChI=1S/C12H13NO/c13-8-4-3-5-10-9-14-12-7-2-1-6-11(10)12/h1-3,5-7,9H,4,8,13H2/b5-3+. The van der Waals surface area contributed by atoms with Crippen LogP contribution in [0, 0.1) is 0 Å². The molecule has 2 aromatic rings. The lowest BCUT2D eigenvalue weighted by molar-refractivity contribution is 0.615. The van der Waals surface area contributed by atoms with E-state index in [1.165, 1.54) is 0 Å². The quantitative estimate of drug-likeness (QED) is 0.802. The fourth-order valence-corrected chi connectivity index (χ4v) is 1.43. The van der Waals surface area contributed by atoms with Gasteiger partial charge in [-0.2, -0.15) is 0 Å². The Morgan fingerprint density at radius 2 is 2.14 bits per heavy atom. The molecular weight excluding hydrogens is 174 g/mol. The number of benzene rings is 1. The van der Waals surface area contributed by atoms with Crippen molar-refractivity contribution in [3.8, 4) is 0 Å². The van der Waals surface area contributed by atoms with Gasteiger partial charge in [0.05, 0.1) is 6.26 Å². The normalized spacial score (nSPS) is 11.5. The van der Waals surface area contributed by atoms with Gasteiger partial charge in [0.2, 0.25) is 0 Å². The molecule has 0 radical (unpaired) electrons. The maximum Gasteiger partial charge on any atom is 0.134 e. The molecule has 2 N–H and O–H groups in total. The smallest absolute Gasteiger partial charge is 0.134 e. The summed E-state index contributed by atoms with van der Waals surface area (Å²) in [6.45, 7) is 0.687. The number of nitrogens with two attached hydrogens (primary N) is 1. The number of para-hydroxylation sites is 1. The topological polar surface area (TPSA) is 39.2 Å². The Labute approximate surface area is 83.0 Å². The number of hydrogen-bond acceptors (Lipinski definition) is 2. The zero-order valence-electron chi connectivity index (χ0n) is 7.94. The number of fused-ring (bicyclic) bond motifs is 1. The van der Waals surface area contributed by atoms with E-state index < -0.39 is 0 Å². The van der Waals surface area contributed by atoms with Gasteiger partial charge in [-0.25, -0.2) is 0 Å². The minimum absolute atomic E-state index is 0.687. The summed E-state index contributed by atoms with van der Waals surface area (Å²) < 4.78 is 5.40. The summed E-state index contributed by atoms with van der Waals surface area (Å²) in [6.07, 6.45) is 6.80. The Morgan fingerprint density at radius 3 is 3.00 bits per heavy atom. The van der Waals surface area contributed by atoms with Crippen molar-refractivity contribution in [2.45, 2.75) is 6.42 Å². The van der Waals surface area contributed by atoms with Crippen molar-refractivity contribution < 1.29 is 4.42 Å². The van der Waals surface area contributed by atoms with Crippen LogP contribution in [-0.2, 0) is 0 Å². The molecule has 0 unspecified atom stereocenters. The van der Waals surface area contributed by atoms with E-state index in [9.17, 15) is 0 Å². The minimum Gasteiger partial charge on any atom is -0.464 e. The first-order valence-electron chi connectivity index (χ1n) is 4.74. The molecule has 2 rings (SSSR count). The molecule has 0 fully saturated rings. The first-order valence-corrected chi connectivity index (χ1v) is 4.74. The second-order valence-electron chi connectivity index (χ2n) is 3.17. The maximum absolute atomic E-state index is 5.41. The first-order chi connectivity index (χ1) is 6.92. The van der Waals surface area contributed by atoms with Crippen LogP contribution < -0.4 is 5.73 Å². The summed E-state index contributed by atoms with van der Waals surface area (Å²) in [5.41, 5.74) is 7.46. The molecule has 0 aliphatic carbocycles. The van der Waals surface area contributed by atoms with Gasteiger partial charge in [-0.3, -0.25) is 0 Å². The molecule has 14 heavy (non-hydrogen) atoms. The second-order valence-corrected chi connectivity index (χ2v) is 3.17. The van der Waals surface area contributed by atoms with Crippen molar-refractivity contribution in [2.75, 3.05) is 6.54 Å². The molecule has 0 atom stereocenters. The molecule has 0 spiro atoms. The van der Waals surface area contributed by atoms with Crippen molar-refractivity contribution in [1.29, 1.82) is 0 Å². The van der Waals surface area contributed by atoms with E-state index in [0.29, 0.717) is 6.54 Å². The summed E-state index contributed by atoms with van der Waals surface area (Å²) in [5, 5.41) is 1.15. The summed E-state index contributed by atoms with van der Waals surface area (Å²) >= 11 is 0. The highest BCUT2D eigenvalue weighted by Crippen LogP contribution is 2.21. The van der Waals surface area contributed by atoms with Crippen LogP contribution in [-0.4, -0.2) is 6.54 Å². The zero-order chi connectivity index (χ0) is 9.80. The summed E-state index contributed by atoms with van der Waals surface area (Å²) in [4.78, 5) is 0. The van der Waals surface area contributed by atoms with Crippen molar-refractivity contribution in [2.24, 2.45) is 5.73 Å². The average Bonchev–Trinajstić information content (AvgIpc) is 2.63. The molecule has 0 amide bonds. The van der Waals surface area contributed by atoms with Gasteiger partial charge in [0.15, 0.2) is 0 Å². The van der Waals surface area contributed by atoms with Crippen LogP contribution in [0.4, 0.5) is 0 Å². The van der Waals surface area contributed by atoms with Crippen LogP contribution >= 0.6 is 0 Å². The van der Waals surface area contributed by atoms with Crippen LogP contribution in [0.25, 0.3) is 17.0 Å². The summed E-state index contributed by atoms with van der Waals surface area (Å²) in [7, 11) is 0. The highest BCUT2D eigenvalue weighted by atomic mass is 16.3. The van der Waals surface area contributed by atoms with Crippen molar-refractivity contribution >= 4 is 17.0 Å². The van der Waals surface area contributed by atoms with E-state index in [0.717, 1.165) is 23.0 Å². The van der Waals surface area contributed by atoms with Gasteiger partial charge < -0.3 is 10.2 Å². The SMILES string of the molecule is NCC/C=C/c1coc2ccccc12. The largest absolute Gasteiger partial charge is 0.464 e. The third kappa shape index (κ3) is 1.70. The van der Waals surface area contributed by atoms with E-state index in [-0.39, 0.29) is 0 Å². The van der Waals surface area contributed by atoms with Gasteiger partial charge in [0.25, 0.3) is 0 Å². The lowest BCUT2D eigenvalue weighted by Gasteiger charge is -1.88. The molecule has 0 bridgehead atoms. The third-order valence-electron chi connectivity index (χ3n) is 2.14. The summed E-state index contributed by atoms with van der Waals surface area (Å²) in [5.74, 6) is 0. The van der Waals surface area contributed by atoms with Gasteiger partial charge >= 0.3 is 0 Å². The Hall–Kier alpha value is -1.54. The predicted molar refractivity (Wildman–Crippen MR) is 58.9 cm³/mol. The average molecular weight is 187 g/mol. The molecule has 2 heteroatoms. The Bertz CT molecular complexity index is 442. The highest BCUT2D eigenvalue weighted by molar-refractivity contribution is 5.86. The molecule has 1 heterocycles. The van der Waals surface area contributed by atoms with E-state index in [1.54, 1.807) is 6.26 Å². The monoisotopic (exact) mass is 187 g/mol. The molecule has 0 aliphatic heterocycles. The second kappa shape index (κ2) is 4.11. The highest BCUT2D eigenvalue weighted by Gasteiger charge is 2.00. The van der Waals surface area contributed by atoms with E-state index in [4.69, 9.17) is 10.2 Å². The van der Waals surface area contributed by atoms with Crippen LogP contribution in [0.15, 0.2) is 41.0 Å². The van der Waals surface area contributed by atoms with Gasteiger partial charge in [0, 0.05) is 10.9 Å². The molecule has 0 saturated carbocycles. The van der Waals surface area contributed by atoms with Crippen LogP contribution in [0.2, 0.25) is 0 Å². The fraction of sp³-hybridized carbons (Fsp3) is 0.167. The molecule has 1 aromatic heterocycles. The van der Waals surface area contributed by atoms with E-state index >= 15 is 0 Å². The first kappa shape index (κ1) is 9.03. The maximum atomic E-state index is 5.41. The molecule has 1 aromatic carbocycles. The lowest BCUT2D eigenvalue weighted by atomic mass is 10.1. The van der Waals surface area contributed by atoms with Crippen molar-refractivity contribution in [1.82, 2.24) is 0 Å². The van der Waals surface area contributed by atoms with Gasteiger partial charge in [0.1, 0.15) is 5.58 Å². The van der Waals surface area contributed by atoms with Gasteiger partial charge in [-0.1, -0.05) is 30.4 Å². The number of furan rings is 1. The molecular formula is C12H13NO. The molecule has 0 saturated heterocycles. The molecule has 2 nitrogen and oxygen atoms in total.